The molecular formula is C16H9ClF6O. The highest BCUT2D eigenvalue weighted by atomic mass is 35.5. The Morgan fingerprint density at radius 2 is 1.17 bits per heavy atom. The Kier molecular flexibility index (Phi) is 3.66. The van der Waals surface area contributed by atoms with E-state index in [9.17, 15) is 26.3 Å². The molecule has 0 N–H and O–H groups in total. The van der Waals surface area contributed by atoms with Crippen LogP contribution in [-0.4, -0.2) is 18.0 Å². The number of hydrogen-bond acceptors (Lipinski definition) is 1. The maximum absolute atomic E-state index is 13.5. The molecule has 0 amide bonds. The third-order valence-electron chi connectivity index (χ3n) is 3.99. The summed E-state index contributed by atoms with van der Waals surface area (Å²) in [6, 6.07) is 11.2. The van der Waals surface area contributed by atoms with Gasteiger partial charge in [0.25, 0.3) is 5.60 Å². The number of halogens is 7. The quantitative estimate of drug-likeness (QED) is 0.506. The average molecular weight is 367 g/mol. The molecule has 1 aliphatic heterocycles. The van der Waals surface area contributed by atoms with Gasteiger partial charge in [-0.25, -0.2) is 0 Å². The fraction of sp³-hybridized carbons (Fsp3) is 0.250. The van der Waals surface area contributed by atoms with Crippen molar-refractivity contribution in [2.75, 3.05) is 0 Å². The van der Waals surface area contributed by atoms with E-state index in [2.05, 4.69) is 4.74 Å². The summed E-state index contributed by atoms with van der Waals surface area (Å²) in [5, 5.41) is 0.187. The second kappa shape index (κ2) is 5.13. The van der Waals surface area contributed by atoms with Crippen LogP contribution in [0.1, 0.15) is 11.1 Å². The topological polar surface area (TPSA) is 12.5 Å². The molecule has 0 bridgehead atoms. The van der Waals surface area contributed by atoms with Crippen LogP contribution in [0.5, 0.6) is 0 Å². The fourth-order valence-electron chi connectivity index (χ4n) is 2.93. The normalized spacial score (nSPS) is 23.1. The number of rotatable bonds is 2. The maximum atomic E-state index is 13.5. The van der Waals surface area contributed by atoms with Crippen molar-refractivity contribution in [3.63, 3.8) is 0 Å². The summed E-state index contributed by atoms with van der Waals surface area (Å²) in [4.78, 5) is 0. The molecule has 0 radical (unpaired) electrons. The standard InChI is InChI=1S/C16H9ClF6O/c17-12-8-6-11(7-9-12)13(10-4-2-1-3-5-10)14(24-13,15(18,19)20)16(21,22)23/h1-9H. The lowest BCUT2D eigenvalue weighted by Crippen LogP contribution is -2.51. The van der Waals surface area contributed by atoms with E-state index in [0.717, 1.165) is 12.1 Å². The Morgan fingerprint density at radius 1 is 0.708 bits per heavy atom. The molecule has 1 heterocycles. The molecule has 1 nitrogen and oxygen atoms in total. The van der Waals surface area contributed by atoms with E-state index in [0.29, 0.717) is 0 Å². The molecule has 1 aliphatic rings. The van der Waals surface area contributed by atoms with Crippen LogP contribution in [0.15, 0.2) is 54.6 Å². The van der Waals surface area contributed by atoms with Crippen molar-refractivity contribution in [2.24, 2.45) is 0 Å². The largest absolute Gasteiger partial charge is 0.430 e. The Hall–Kier alpha value is -1.73. The number of benzene rings is 2. The smallest absolute Gasteiger partial charge is 0.335 e. The summed E-state index contributed by atoms with van der Waals surface area (Å²) < 4.78 is 85.3. The fourth-order valence-corrected chi connectivity index (χ4v) is 3.05. The van der Waals surface area contributed by atoms with Crippen molar-refractivity contribution < 1.29 is 31.1 Å². The Morgan fingerprint density at radius 3 is 1.58 bits per heavy atom. The van der Waals surface area contributed by atoms with Gasteiger partial charge in [-0.05, 0) is 23.3 Å². The molecular weight excluding hydrogens is 358 g/mol. The number of epoxide rings is 1. The van der Waals surface area contributed by atoms with E-state index in [1.54, 1.807) is 0 Å². The molecule has 2 aromatic carbocycles. The van der Waals surface area contributed by atoms with Crippen LogP contribution in [0.25, 0.3) is 0 Å². The van der Waals surface area contributed by atoms with Crippen molar-refractivity contribution in [1.82, 2.24) is 0 Å². The van der Waals surface area contributed by atoms with Gasteiger partial charge in [0.2, 0.25) is 0 Å². The lowest BCUT2D eigenvalue weighted by molar-refractivity contribution is -0.293. The summed E-state index contributed by atoms with van der Waals surface area (Å²) >= 11 is 5.69. The lowest BCUT2D eigenvalue weighted by Gasteiger charge is -2.25. The molecule has 1 unspecified atom stereocenters. The van der Waals surface area contributed by atoms with Crippen LogP contribution in [0.4, 0.5) is 26.3 Å². The first-order chi connectivity index (χ1) is 11.1. The van der Waals surface area contributed by atoms with E-state index < -0.39 is 23.6 Å². The van der Waals surface area contributed by atoms with Gasteiger partial charge in [0.15, 0.2) is 5.60 Å². The SMILES string of the molecule is FC(F)(F)C1(C(F)(F)F)OC1(c1ccccc1)c1ccc(Cl)cc1. The van der Waals surface area contributed by atoms with E-state index >= 15 is 0 Å². The zero-order chi connectivity index (χ0) is 17.8. The van der Waals surface area contributed by atoms with Crippen molar-refractivity contribution in [1.29, 1.82) is 0 Å². The van der Waals surface area contributed by atoms with Gasteiger partial charge in [-0.3, -0.25) is 0 Å². The van der Waals surface area contributed by atoms with Crippen LogP contribution in [0.3, 0.4) is 0 Å². The van der Waals surface area contributed by atoms with Gasteiger partial charge in [-0.2, -0.15) is 26.3 Å². The van der Waals surface area contributed by atoms with Gasteiger partial charge in [0.05, 0.1) is 0 Å². The molecule has 0 aromatic heterocycles. The number of hydrogen-bond donors (Lipinski definition) is 0. The third kappa shape index (κ3) is 2.14. The highest BCUT2D eigenvalue weighted by Crippen LogP contribution is 2.72. The molecule has 1 fully saturated rings. The van der Waals surface area contributed by atoms with Gasteiger partial charge in [0, 0.05) is 5.02 Å². The zero-order valence-electron chi connectivity index (χ0n) is 11.8. The summed E-state index contributed by atoms with van der Waals surface area (Å²) in [6.07, 6.45) is -11.3. The Bertz CT molecular complexity index is 724. The van der Waals surface area contributed by atoms with Crippen molar-refractivity contribution in [2.45, 2.75) is 23.6 Å². The summed E-state index contributed by atoms with van der Waals surface area (Å²) in [6.45, 7) is 0. The van der Waals surface area contributed by atoms with Crippen LogP contribution >= 0.6 is 11.6 Å². The third-order valence-corrected chi connectivity index (χ3v) is 4.24. The predicted molar refractivity (Wildman–Crippen MR) is 74.6 cm³/mol. The Labute approximate surface area is 137 Å². The second-order valence-corrected chi connectivity index (χ2v) is 5.77. The van der Waals surface area contributed by atoms with Crippen LogP contribution in [0.2, 0.25) is 5.02 Å². The van der Waals surface area contributed by atoms with Crippen LogP contribution in [-0.2, 0) is 10.3 Å². The van der Waals surface area contributed by atoms with Crippen molar-refractivity contribution in [3.8, 4) is 0 Å². The molecule has 0 aliphatic carbocycles. The molecule has 3 rings (SSSR count). The second-order valence-electron chi connectivity index (χ2n) is 5.33. The van der Waals surface area contributed by atoms with Crippen molar-refractivity contribution in [3.05, 3.63) is 70.7 Å². The minimum absolute atomic E-state index is 0.187. The van der Waals surface area contributed by atoms with Gasteiger partial charge in [-0.1, -0.05) is 54.1 Å². The van der Waals surface area contributed by atoms with E-state index in [-0.39, 0.29) is 16.1 Å². The molecule has 0 spiro atoms. The van der Waals surface area contributed by atoms with E-state index in [1.807, 2.05) is 0 Å². The van der Waals surface area contributed by atoms with Crippen molar-refractivity contribution >= 4 is 11.6 Å². The summed E-state index contributed by atoms with van der Waals surface area (Å²) in [7, 11) is 0. The average Bonchev–Trinajstić information content (AvgIpc) is 3.22. The highest BCUT2D eigenvalue weighted by Gasteiger charge is 2.94. The molecule has 0 saturated carbocycles. The van der Waals surface area contributed by atoms with Gasteiger partial charge >= 0.3 is 12.4 Å². The minimum Gasteiger partial charge on any atom is -0.335 e. The van der Waals surface area contributed by atoms with Gasteiger partial charge in [-0.15, -0.1) is 0 Å². The van der Waals surface area contributed by atoms with E-state index in [1.165, 1.54) is 42.5 Å². The zero-order valence-corrected chi connectivity index (χ0v) is 12.5. The minimum atomic E-state index is -5.65. The molecule has 24 heavy (non-hydrogen) atoms. The molecule has 8 heteroatoms. The molecule has 128 valence electrons. The van der Waals surface area contributed by atoms with Crippen LogP contribution in [0, 0.1) is 0 Å². The summed E-state index contributed by atoms with van der Waals surface area (Å²) in [5.41, 5.74) is -7.51. The Balaban J connectivity index is 2.29. The first-order valence-corrected chi connectivity index (χ1v) is 7.09. The first-order valence-electron chi connectivity index (χ1n) is 6.71. The number of alkyl halides is 6. The molecule has 1 saturated heterocycles. The predicted octanol–water partition coefficient (Wildman–Crippen LogP) is 5.48. The monoisotopic (exact) mass is 366 g/mol. The van der Waals surface area contributed by atoms with Gasteiger partial charge < -0.3 is 4.74 Å². The lowest BCUT2D eigenvalue weighted by atomic mass is 9.79. The maximum Gasteiger partial charge on any atom is 0.430 e. The molecule has 1 atom stereocenters. The van der Waals surface area contributed by atoms with Gasteiger partial charge in [0.1, 0.15) is 0 Å². The van der Waals surface area contributed by atoms with E-state index in [4.69, 9.17) is 11.6 Å². The summed E-state index contributed by atoms with van der Waals surface area (Å²) in [5.74, 6) is 0. The number of ether oxygens (including phenoxy) is 1. The first kappa shape index (κ1) is 17.1. The highest BCUT2D eigenvalue weighted by molar-refractivity contribution is 6.30. The molecule has 2 aromatic rings. The van der Waals surface area contributed by atoms with Crippen LogP contribution < -0.4 is 0 Å².